The van der Waals surface area contributed by atoms with E-state index < -0.39 is 0 Å². The minimum absolute atomic E-state index is 1.06. The van der Waals surface area contributed by atoms with Gasteiger partial charge in [0, 0.05) is 15.4 Å². The predicted octanol–water partition coefficient (Wildman–Crippen LogP) is 5.29. The Hall–Kier alpha value is 0.440. The molecule has 0 fully saturated rings. The van der Waals surface area contributed by atoms with E-state index in [2.05, 4.69) is 44.9 Å². The lowest BCUT2D eigenvalue weighted by Gasteiger charge is -2.00. The Balaban J connectivity index is 2.25. The molecule has 0 amide bonds. The van der Waals surface area contributed by atoms with E-state index in [0.717, 1.165) is 6.42 Å². The highest BCUT2D eigenvalue weighted by Crippen LogP contribution is 2.35. The number of hydrogen-bond donors (Lipinski definition) is 0. The molecule has 0 heterocycles. The SMILES string of the molecule is CCCCCCC1=C(Br)CC(Br)=C1. The van der Waals surface area contributed by atoms with Gasteiger partial charge in [0.2, 0.25) is 0 Å². The van der Waals surface area contributed by atoms with E-state index in [4.69, 9.17) is 0 Å². The first-order valence-electron chi connectivity index (χ1n) is 4.97. The van der Waals surface area contributed by atoms with Crippen LogP contribution in [0.25, 0.3) is 0 Å². The van der Waals surface area contributed by atoms with E-state index in [9.17, 15) is 0 Å². The van der Waals surface area contributed by atoms with Crippen LogP contribution >= 0.6 is 31.9 Å². The fourth-order valence-corrected chi connectivity index (χ4v) is 3.08. The fraction of sp³-hybridized carbons (Fsp3) is 0.636. The Morgan fingerprint density at radius 2 is 2.00 bits per heavy atom. The van der Waals surface area contributed by atoms with Crippen LogP contribution in [0.2, 0.25) is 0 Å². The zero-order valence-electron chi connectivity index (χ0n) is 8.08. The van der Waals surface area contributed by atoms with E-state index in [1.54, 1.807) is 0 Å². The molecule has 0 unspecified atom stereocenters. The van der Waals surface area contributed by atoms with Crippen LogP contribution in [-0.2, 0) is 0 Å². The molecule has 1 aliphatic rings. The molecule has 0 saturated heterocycles. The third kappa shape index (κ3) is 3.99. The second kappa shape index (κ2) is 6.02. The van der Waals surface area contributed by atoms with Crippen molar-refractivity contribution in [2.75, 3.05) is 0 Å². The quantitative estimate of drug-likeness (QED) is 0.605. The van der Waals surface area contributed by atoms with Crippen molar-refractivity contribution in [1.82, 2.24) is 0 Å². The molecule has 0 N–H and O–H groups in total. The molecule has 0 aromatic carbocycles. The molecule has 2 heteroatoms. The summed E-state index contributed by atoms with van der Waals surface area (Å²) in [5, 5.41) is 0. The summed E-state index contributed by atoms with van der Waals surface area (Å²) in [7, 11) is 0. The molecule has 0 bridgehead atoms. The Labute approximate surface area is 97.7 Å². The van der Waals surface area contributed by atoms with Crippen LogP contribution in [0.15, 0.2) is 20.6 Å². The summed E-state index contributed by atoms with van der Waals surface area (Å²) in [6.45, 7) is 2.25. The largest absolute Gasteiger partial charge is 0.0654 e. The van der Waals surface area contributed by atoms with Crippen LogP contribution in [0.5, 0.6) is 0 Å². The Morgan fingerprint density at radius 3 is 2.54 bits per heavy atom. The summed E-state index contributed by atoms with van der Waals surface area (Å²) in [5.74, 6) is 0. The maximum Gasteiger partial charge on any atom is 0.0110 e. The van der Waals surface area contributed by atoms with Gasteiger partial charge in [-0.25, -0.2) is 0 Å². The molecule has 13 heavy (non-hydrogen) atoms. The molecule has 0 atom stereocenters. The molecule has 0 radical (unpaired) electrons. The van der Waals surface area contributed by atoms with Crippen molar-refractivity contribution < 1.29 is 0 Å². The lowest BCUT2D eigenvalue weighted by Crippen LogP contribution is -1.80. The standard InChI is InChI=1S/C11H16Br2/c1-2-3-4-5-6-9-7-10(12)8-11(9)13/h7H,2-6,8H2,1H3. The minimum atomic E-state index is 1.06. The van der Waals surface area contributed by atoms with Crippen LogP contribution < -0.4 is 0 Å². The van der Waals surface area contributed by atoms with Crippen molar-refractivity contribution in [2.45, 2.75) is 45.4 Å². The third-order valence-electron chi connectivity index (χ3n) is 2.30. The summed E-state index contributed by atoms with van der Waals surface area (Å²) in [6.07, 6.45) is 9.94. The first-order valence-corrected chi connectivity index (χ1v) is 6.56. The van der Waals surface area contributed by atoms with Crippen molar-refractivity contribution in [1.29, 1.82) is 0 Å². The van der Waals surface area contributed by atoms with Gasteiger partial charge in [-0.1, -0.05) is 58.0 Å². The van der Waals surface area contributed by atoms with Gasteiger partial charge in [-0.15, -0.1) is 0 Å². The van der Waals surface area contributed by atoms with Gasteiger partial charge in [0.25, 0.3) is 0 Å². The van der Waals surface area contributed by atoms with Crippen molar-refractivity contribution in [3.05, 3.63) is 20.6 Å². The number of halogens is 2. The number of allylic oxidation sites excluding steroid dienone is 4. The number of unbranched alkanes of at least 4 members (excludes halogenated alkanes) is 3. The maximum atomic E-state index is 3.61. The zero-order chi connectivity index (χ0) is 9.68. The van der Waals surface area contributed by atoms with Crippen molar-refractivity contribution in [2.24, 2.45) is 0 Å². The van der Waals surface area contributed by atoms with Crippen molar-refractivity contribution in [3.8, 4) is 0 Å². The summed E-state index contributed by atoms with van der Waals surface area (Å²) < 4.78 is 2.68. The molecule has 0 nitrogen and oxygen atoms in total. The molecular weight excluding hydrogens is 292 g/mol. The molecule has 1 aliphatic carbocycles. The lowest BCUT2D eigenvalue weighted by molar-refractivity contribution is 0.668. The number of rotatable bonds is 5. The van der Waals surface area contributed by atoms with Gasteiger partial charge in [0.05, 0.1) is 0 Å². The van der Waals surface area contributed by atoms with Gasteiger partial charge in [-0.3, -0.25) is 0 Å². The molecule has 74 valence electrons. The topological polar surface area (TPSA) is 0 Å². The van der Waals surface area contributed by atoms with Gasteiger partial charge >= 0.3 is 0 Å². The molecule has 0 aromatic rings. The summed E-state index contributed by atoms with van der Waals surface area (Å²) >= 11 is 7.14. The molecule has 1 rings (SSSR count). The van der Waals surface area contributed by atoms with Crippen LogP contribution in [0.4, 0.5) is 0 Å². The van der Waals surface area contributed by atoms with E-state index in [-0.39, 0.29) is 0 Å². The Morgan fingerprint density at radius 1 is 1.23 bits per heavy atom. The van der Waals surface area contributed by atoms with Gasteiger partial charge in [-0.05, 0) is 24.5 Å². The van der Waals surface area contributed by atoms with E-state index >= 15 is 0 Å². The first-order chi connectivity index (χ1) is 6.24. The fourth-order valence-electron chi connectivity index (χ4n) is 1.53. The highest BCUT2D eigenvalue weighted by molar-refractivity contribution is 9.12. The third-order valence-corrected chi connectivity index (χ3v) is 3.60. The smallest absolute Gasteiger partial charge is 0.0110 e. The zero-order valence-corrected chi connectivity index (χ0v) is 11.2. The molecule has 0 saturated carbocycles. The molecule has 0 aliphatic heterocycles. The Kier molecular flexibility index (Phi) is 5.34. The average molecular weight is 308 g/mol. The molecule has 0 aromatic heterocycles. The van der Waals surface area contributed by atoms with Crippen molar-refractivity contribution in [3.63, 3.8) is 0 Å². The molecular formula is C11H16Br2. The van der Waals surface area contributed by atoms with Crippen molar-refractivity contribution >= 4 is 31.9 Å². The van der Waals surface area contributed by atoms with E-state index in [1.807, 2.05) is 0 Å². The normalized spacial score (nSPS) is 16.7. The first kappa shape index (κ1) is 11.5. The maximum absolute atomic E-state index is 3.61. The van der Waals surface area contributed by atoms with Crippen LogP contribution in [-0.4, -0.2) is 0 Å². The van der Waals surface area contributed by atoms with Gasteiger partial charge in [0.15, 0.2) is 0 Å². The van der Waals surface area contributed by atoms with Gasteiger partial charge in [-0.2, -0.15) is 0 Å². The minimum Gasteiger partial charge on any atom is -0.0654 e. The predicted molar refractivity (Wildman–Crippen MR) is 66.3 cm³/mol. The number of hydrogen-bond acceptors (Lipinski definition) is 0. The van der Waals surface area contributed by atoms with E-state index in [0.29, 0.717) is 0 Å². The second-order valence-electron chi connectivity index (χ2n) is 3.51. The monoisotopic (exact) mass is 306 g/mol. The summed E-state index contributed by atoms with van der Waals surface area (Å²) in [4.78, 5) is 0. The summed E-state index contributed by atoms with van der Waals surface area (Å²) in [5.41, 5.74) is 1.49. The Bertz CT molecular complexity index is 226. The van der Waals surface area contributed by atoms with Gasteiger partial charge < -0.3 is 0 Å². The summed E-state index contributed by atoms with van der Waals surface area (Å²) in [6, 6.07) is 0. The highest BCUT2D eigenvalue weighted by Gasteiger charge is 2.10. The average Bonchev–Trinajstić information content (AvgIpc) is 2.39. The lowest BCUT2D eigenvalue weighted by atomic mass is 10.1. The van der Waals surface area contributed by atoms with Crippen LogP contribution in [0.3, 0.4) is 0 Å². The van der Waals surface area contributed by atoms with Crippen LogP contribution in [0.1, 0.15) is 45.4 Å². The highest BCUT2D eigenvalue weighted by atomic mass is 79.9. The molecule has 0 spiro atoms. The van der Waals surface area contributed by atoms with Gasteiger partial charge in [0.1, 0.15) is 0 Å². The second-order valence-corrected chi connectivity index (χ2v) is 5.48. The van der Waals surface area contributed by atoms with Crippen LogP contribution in [0, 0.1) is 0 Å². The van der Waals surface area contributed by atoms with E-state index in [1.165, 1.54) is 46.6 Å².